The fourth-order valence-electron chi connectivity index (χ4n) is 3.33. The zero-order valence-electron chi connectivity index (χ0n) is 16.8. The summed E-state index contributed by atoms with van der Waals surface area (Å²) >= 11 is 1.80. The number of carbonyl (C=O) groups excluding carboxylic acids is 2. The first-order valence-corrected chi connectivity index (χ1v) is 10.6. The molecular weight excluding hydrogens is 386 g/mol. The molecule has 2 N–H and O–H groups in total. The molecule has 0 saturated carbocycles. The Labute approximate surface area is 176 Å². The first kappa shape index (κ1) is 21.0. The van der Waals surface area contributed by atoms with E-state index in [4.69, 9.17) is 10.5 Å². The van der Waals surface area contributed by atoms with Crippen molar-refractivity contribution in [2.75, 3.05) is 36.5 Å². The van der Waals surface area contributed by atoms with Gasteiger partial charge in [0.15, 0.2) is 0 Å². The molecule has 0 spiro atoms. The van der Waals surface area contributed by atoms with Crippen LogP contribution in [0.1, 0.15) is 19.8 Å². The highest BCUT2D eigenvalue weighted by atomic mass is 32.2. The Bertz CT molecular complexity index is 857. The van der Waals surface area contributed by atoms with Gasteiger partial charge in [-0.1, -0.05) is 19.1 Å². The Morgan fingerprint density at radius 1 is 1.21 bits per heavy atom. The van der Waals surface area contributed by atoms with Crippen LogP contribution in [0.15, 0.2) is 53.4 Å². The van der Waals surface area contributed by atoms with Crippen LogP contribution in [0, 0.1) is 0 Å². The van der Waals surface area contributed by atoms with E-state index in [-0.39, 0.29) is 24.8 Å². The fraction of sp³-hybridized carbons (Fsp3) is 0.364. The molecule has 2 amide bonds. The number of rotatable bonds is 7. The monoisotopic (exact) mass is 413 g/mol. The van der Waals surface area contributed by atoms with Gasteiger partial charge in [-0.3, -0.25) is 9.59 Å². The number of primary amides is 1. The number of benzene rings is 2. The molecule has 2 aromatic carbocycles. The third-order valence-corrected chi connectivity index (χ3v) is 6.17. The van der Waals surface area contributed by atoms with E-state index in [0.29, 0.717) is 18.3 Å². The number of ether oxygens (including phenoxy) is 1. The maximum absolute atomic E-state index is 13.3. The number of nitrogens with two attached hydrogens (primary N) is 1. The maximum atomic E-state index is 13.3. The molecule has 7 heteroatoms. The van der Waals surface area contributed by atoms with Gasteiger partial charge in [-0.25, -0.2) is 0 Å². The molecular formula is C22H27N3O3S. The predicted octanol–water partition coefficient (Wildman–Crippen LogP) is 3.29. The van der Waals surface area contributed by atoms with Gasteiger partial charge in [-0.05, 0) is 42.8 Å². The summed E-state index contributed by atoms with van der Waals surface area (Å²) in [6.07, 6.45) is 1.11. The van der Waals surface area contributed by atoms with Crippen molar-refractivity contribution in [3.05, 3.63) is 48.5 Å². The first-order chi connectivity index (χ1) is 14.0. The molecule has 0 aliphatic carbocycles. The van der Waals surface area contributed by atoms with Crippen LogP contribution in [0.2, 0.25) is 0 Å². The summed E-state index contributed by atoms with van der Waals surface area (Å²) in [6, 6.07) is 15.5. The topological polar surface area (TPSA) is 75.9 Å². The second kappa shape index (κ2) is 9.69. The summed E-state index contributed by atoms with van der Waals surface area (Å²) in [5, 5.41) is 0.446. The number of thioether (sulfide) groups is 1. The van der Waals surface area contributed by atoms with E-state index >= 15 is 0 Å². The smallest absolute Gasteiger partial charge is 0.246 e. The number of hydrogen-bond acceptors (Lipinski definition) is 5. The highest BCUT2D eigenvalue weighted by Crippen LogP contribution is 2.37. The molecule has 29 heavy (non-hydrogen) atoms. The molecule has 154 valence electrons. The lowest BCUT2D eigenvalue weighted by atomic mass is 10.2. The molecule has 6 nitrogen and oxygen atoms in total. The Kier molecular flexibility index (Phi) is 7.04. The molecule has 0 radical (unpaired) electrons. The Balaban J connectivity index is 1.82. The zero-order valence-corrected chi connectivity index (χ0v) is 17.7. The second-order valence-corrected chi connectivity index (χ2v) is 8.55. The normalized spacial score (nSPS) is 15.9. The van der Waals surface area contributed by atoms with Crippen molar-refractivity contribution >= 4 is 35.0 Å². The molecule has 1 unspecified atom stereocenters. The quantitative estimate of drug-likeness (QED) is 0.754. The van der Waals surface area contributed by atoms with Crippen molar-refractivity contribution in [1.82, 2.24) is 0 Å². The van der Waals surface area contributed by atoms with E-state index in [1.54, 1.807) is 18.9 Å². The van der Waals surface area contributed by atoms with Gasteiger partial charge < -0.3 is 20.3 Å². The van der Waals surface area contributed by atoms with E-state index in [1.807, 2.05) is 52.3 Å². The van der Waals surface area contributed by atoms with E-state index in [0.717, 1.165) is 28.4 Å². The summed E-state index contributed by atoms with van der Waals surface area (Å²) < 4.78 is 5.22. The number of hydrogen-bond donors (Lipinski definition) is 1. The van der Waals surface area contributed by atoms with Crippen molar-refractivity contribution < 1.29 is 14.3 Å². The van der Waals surface area contributed by atoms with E-state index in [2.05, 4.69) is 13.0 Å². The molecule has 0 saturated heterocycles. The van der Waals surface area contributed by atoms with E-state index in [1.165, 1.54) is 0 Å². The largest absolute Gasteiger partial charge is 0.497 e. The van der Waals surface area contributed by atoms with Gasteiger partial charge in [-0.15, -0.1) is 11.8 Å². The van der Waals surface area contributed by atoms with E-state index in [9.17, 15) is 9.59 Å². The molecule has 0 aromatic heterocycles. The lowest BCUT2D eigenvalue weighted by Gasteiger charge is -2.29. The summed E-state index contributed by atoms with van der Waals surface area (Å²) in [6.45, 7) is 3.42. The van der Waals surface area contributed by atoms with Gasteiger partial charge in [-0.2, -0.15) is 0 Å². The van der Waals surface area contributed by atoms with Gasteiger partial charge in [0.1, 0.15) is 5.75 Å². The zero-order chi connectivity index (χ0) is 20.8. The number of methoxy groups -OCH3 is 1. The number of carbonyl (C=O) groups is 2. The number of fused-ring (bicyclic) bond motifs is 1. The molecule has 1 atom stereocenters. The maximum Gasteiger partial charge on any atom is 0.246 e. The van der Waals surface area contributed by atoms with Crippen molar-refractivity contribution in [3.8, 4) is 5.75 Å². The number of amides is 2. The first-order valence-electron chi connectivity index (χ1n) is 9.71. The SMILES string of the molecule is COc1ccc(N(CCC(N)=O)CC(=O)N2CCC(C)Sc3ccccc32)cc1. The van der Waals surface area contributed by atoms with Crippen LogP contribution in [0.4, 0.5) is 11.4 Å². The molecule has 1 aliphatic rings. The highest BCUT2D eigenvalue weighted by molar-refractivity contribution is 8.00. The average Bonchev–Trinajstić information content (AvgIpc) is 2.89. The van der Waals surface area contributed by atoms with Crippen LogP contribution < -0.4 is 20.3 Å². The third kappa shape index (κ3) is 5.44. The van der Waals surface area contributed by atoms with Crippen LogP contribution in [0.3, 0.4) is 0 Å². The fourth-order valence-corrected chi connectivity index (χ4v) is 4.45. The summed E-state index contributed by atoms with van der Waals surface area (Å²) in [5.74, 6) is 0.358. The van der Waals surface area contributed by atoms with Crippen molar-refractivity contribution in [2.24, 2.45) is 5.73 Å². The number of nitrogens with zero attached hydrogens (tertiary/aromatic N) is 2. The summed E-state index contributed by atoms with van der Waals surface area (Å²) in [5.41, 5.74) is 7.16. The molecule has 0 fully saturated rings. The van der Waals surface area contributed by atoms with E-state index < -0.39 is 0 Å². The van der Waals surface area contributed by atoms with Crippen LogP contribution in [-0.2, 0) is 9.59 Å². The molecule has 1 heterocycles. The second-order valence-electron chi connectivity index (χ2n) is 7.07. The van der Waals surface area contributed by atoms with Crippen LogP contribution in [0.25, 0.3) is 0 Å². The number of para-hydroxylation sites is 1. The molecule has 2 aromatic rings. The summed E-state index contributed by atoms with van der Waals surface area (Å²) in [4.78, 5) is 29.5. The summed E-state index contributed by atoms with van der Waals surface area (Å²) in [7, 11) is 1.61. The van der Waals surface area contributed by atoms with Crippen LogP contribution in [0.5, 0.6) is 5.75 Å². The predicted molar refractivity (Wildman–Crippen MR) is 118 cm³/mol. The molecule has 1 aliphatic heterocycles. The van der Waals surface area contributed by atoms with Gasteiger partial charge in [0, 0.05) is 35.3 Å². The molecule has 3 rings (SSSR count). The number of anilines is 2. The minimum absolute atomic E-state index is 0.00689. The minimum Gasteiger partial charge on any atom is -0.497 e. The Hall–Kier alpha value is -2.67. The van der Waals surface area contributed by atoms with Gasteiger partial charge in [0.2, 0.25) is 11.8 Å². The Morgan fingerprint density at radius 3 is 2.62 bits per heavy atom. The highest BCUT2D eigenvalue weighted by Gasteiger charge is 2.25. The third-order valence-electron chi connectivity index (χ3n) is 4.94. The standard InChI is InChI=1S/C22H27N3O3S/c1-16-11-14-25(19-5-3-4-6-20(19)29-16)22(27)15-24(13-12-21(23)26)17-7-9-18(28-2)10-8-17/h3-10,16H,11-15H2,1-2H3,(H2,23,26). The van der Waals surface area contributed by atoms with Gasteiger partial charge in [0.25, 0.3) is 0 Å². The lowest BCUT2D eigenvalue weighted by Crippen LogP contribution is -2.42. The lowest BCUT2D eigenvalue weighted by molar-refractivity contribution is -0.119. The average molecular weight is 414 g/mol. The minimum atomic E-state index is -0.388. The van der Waals surface area contributed by atoms with Crippen molar-refractivity contribution in [1.29, 1.82) is 0 Å². The molecule has 0 bridgehead atoms. The van der Waals surface area contributed by atoms with Gasteiger partial charge >= 0.3 is 0 Å². The van der Waals surface area contributed by atoms with Crippen LogP contribution in [-0.4, -0.2) is 43.8 Å². The van der Waals surface area contributed by atoms with Gasteiger partial charge in [0.05, 0.1) is 19.3 Å². The van der Waals surface area contributed by atoms with Crippen molar-refractivity contribution in [3.63, 3.8) is 0 Å². The van der Waals surface area contributed by atoms with Crippen LogP contribution >= 0.6 is 11.8 Å². The Morgan fingerprint density at radius 2 is 1.93 bits per heavy atom. The van der Waals surface area contributed by atoms with Crippen molar-refractivity contribution in [2.45, 2.75) is 29.9 Å².